The maximum atomic E-state index is 2.27. The molecule has 1 aliphatic rings. The number of unbranched alkanes of at least 4 members (excludes halogenated alkanes) is 1. The molecule has 0 atom stereocenters. The largest absolute Gasteiger partial charge is 0.0731 e. The standard InChI is InChI=1S/C10H15/c1-3-4-5-10-7-6-9(2)8-10/h6-8H,3-5H2,1-2H3. The minimum atomic E-state index is 1.25. The second kappa shape index (κ2) is 3.60. The van der Waals surface area contributed by atoms with Crippen molar-refractivity contribution in [1.29, 1.82) is 0 Å². The van der Waals surface area contributed by atoms with E-state index in [4.69, 9.17) is 0 Å². The molecule has 0 bridgehead atoms. The summed E-state index contributed by atoms with van der Waals surface area (Å²) in [5.41, 5.74) is 1.39. The highest BCUT2D eigenvalue weighted by atomic mass is 14.1. The Morgan fingerprint density at radius 3 is 2.60 bits per heavy atom. The molecule has 0 spiro atoms. The van der Waals surface area contributed by atoms with Crippen LogP contribution in [-0.4, -0.2) is 0 Å². The molecule has 1 rings (SSSR count). The first-order valence-electron chi connectivity index (χ1n) is 4.05. The molecule has 0 heterocycles. The van der Waals surface area contributed by atoms with Crippen molar-refractivity contribution in [3.8, 4) is 0 Å². The van der Waals surface area contributed by atoms with Crippen molar-refractivity contribution in [2.24, 2.45) is 0 Å². The topological polar surface area (TPSA) is 0 Å². The fourth-order valence-corrected chi connectivity index (χ4v) is 1.16. The lowest BCUT2D eigenvalue weighted by Gasteiger charge is -2.00. The van der Waals surface area contributed by atoms with E-state index >= 15 is 0 Å². The van der Waals surface area contributed by atoms with Crippen LogP contribution in [0.2, 0.25) is 0 Å². The van der Waals surface area contributed by atoms with Crippen LogP contribution in [0.25, 0.3) is 0 Å². The van der Waals surface area contributed by atoms with E-state index in [2.05, 4.69) is 32.1 Å². The van der Waals surface area contributed by atoms with Gasteiger partial charge in [0.1, 0.15) is 0 Å². The summed E-state index contributed by atoms with van der Waals surface area (Å²) in [6.45, 7) is 4.38. The summed E-state index contributed by atoms with van der Waals surface area (Å²) in [6, 6.07) is 0. The molecule has 0 unspecified atom stereocenters. The SMILES string of the molecule is CCCC[C]1C=CC(C)=C1. The van der Waals surface area contributed by atoms with Crippen molar-refractivity contribution in [1.82, 2.24) is 0 Å². The highest BCUT2D eigenvalue weighted by Gasteiger charge is 2.05. The Bertz CT molecular complexity index is 151. The monoisotopic (exact) mass is 135 g/mol. The first-order valence-corrected chi connectivity index (χ1v) is 4.05. The van der Waals surface area contributed by atoms with Crippen LogP contribution in [0.15, 0.2) is 23.8 Å². The third kappa shape index (κ3) is 2.02. The fourth-order valence-electron chi connectivity index (χ4n) is 1.16. The lowest BCUT2D eigenvalue weighted by Crippen LogP contribution is -1.84. The van der Waals surface area contributed by atoms with Gasteiger partial charge in [0, 0.05) is 5.92 Å². The van der Waals surface area contributed by atoms with Crippen molar-refractivity contribution in [3.63, 3.8) is 0 Å². The molecule has 0 aromatic heterocycles. The third-order valence-electron chi connectivity index (χ3n) is 1.79. The highest BCUT2D eigenvalue weighted by Crippen LogP contribution is 2.22. The number of hydrogen-bond acceptors (Lipinski definition) is 0. The Kier molecular flexibility index (Phi) is 2.73. The Morgan fingerprint density at radius 1 is 1.30 bits per heavy atom. The van der Waals surface area contributed by atoms with E-state index in [0.717, 1.165) is 0 Å². The van der Waals surface area contributed by atoms with Gasteiger partial charge in [0.05, 0.1) is 0 Å². The minimum Gasteiger partial charge on any atom is -0.0731 e. The summed E-state index contributed by atoms with van der Waals surface area (Å²) >= 11 is 0. The van der Waals surface area contributed by atoms with E-state index in [-0.39, 0.29) is 0 Å². The van der Waals surface area contributed by atoms with E-state index < -0.39 is 0 Å². The molecule has 0 aliphatic heterocycles. The van der Waals surface area contributed by atoms with Crippen LogP contribution in [-0.2, 0) is 0 Å². The number of hydrogen-bond donors (Lipinski definition) is 0. The molecule has 0 aromatic carbocycles. The summed E-state index contributed by atoms with van der Waals surface area (Å²) in [6.07, 6.45) is 10.6. The van der Waals surface area contributed by atoms with E-state index in [1.54, 1.807) is 0 Å². The maximum Gasteiger partial charge on any atom is 0.0196 e. The van der Waals surface area contributed by atoms with Crippen LogP contribution < -0.4 is 0 Å². The van der Waals surface area contributed by atoms with Gasteiger partial charge in [0.25, 0.3) is 0 Å². The summed E-state index contributed by atoms with van der Waals surface area (Å²) in [4.78, 5) is 0. The van der Waals surface area contributed by atoms with Gasteiger partial charge in [-0.15, -0.1) is 0 Å². The van der Waals surface area contributed by atoms with E-state index in [1.165, 1.54) is 30.8 Å². The zero-order valence-electron chi connectivity index (χ0n) is 6.85. The Labute approximate surface area is 63.6 Å². The summed E-state index contributed by atoms with van der Waals surface area (Å²) in [7, 11) is 0. The zero-order chi connectivity index (χ0) is 7.40. The molecule has 1 radical (unpaired) electrons. The Morgan fingerprint density at radius 2 is 2.10 bits per heavy atom. The molecule has 0 fully saturated rings. The van der Waals surface area contributed by atoms with Crippen LogP contribution in [0.3, 0.4) is 0 Å². The molecule has 0 N–H and O–H groups in total. The van der Waals surface area contributed by atoms with E-state index in [0.29, 0.717) is 0 Å². The minimum absolute atomic E-state index is 1.25. The lowest BCUT2D eigenvalue weighted by atomic mass is 10.0. The molecule has 0 nitrogen and oxygen atoms in total. The second-order valence-corrected chi connectivity index (χ2v) is 2.90. The third-order valence-corrected chi connectivity index (χ3v) is 1.79. The summed E-state index contributed by atoms with van der Waals surface area (Å²) in [5, 5.41) is 0. The van der Waals surface area contributed by atoms with Crippen molar-refractivity contribution in [2.45, 2.75) is 33.1 Å². The molecule has 0 amide bonds. The van der Waals surface area contributed by atoms with Gasteiger partial charge < -0.3 is 0 Å². The quantitative estimate of drug-likeness (QED) is 0.557. The molecule has 0 saturated heterocycles. The summed E-state index contributed by atoms with van der Waals surface area (Å²) in [5.74, 6) is 1.50. The molecule has 0 aromatic rings. The smallest absolute Gasteiger partial charge is 0.0196 e. The van der Waals surface area contributed by atoms with Crippen molar-refractivity contribution < 1.29 is 0 Å². The fraction of sp³-hybridized carbons (Fsp3) is 0.500. The molecule has 55 valence electrons. The predicted molar refractivity (Wildman–Crippen MR) is 45.7 cm³/mol. The Hall–Kier alpha value is -0.520. The van der Waals surface area contributed by atoms with Gasteiger partial charge in [0.2, 0.25) is 0 Å². The zero-order valence-corrected chi connectivity index (χ0v) is 6.85. The van der Waals surface area contributed by atoms with Gasteiger partial charge in [-0.25, -0.2) is 0 Å². The first kappa shape index (κ1) is 7.59. The molecule has 10 heavy (non-hydrogen) atoms. The van der Waals surface area contributed by atoms with E-state index in [1.807, 2.05) is 0 Å². The van der Waals surface area contributed by atoms with Gasteiger partial charge in [-0.3, -0.25) is 0 Å². The maximum absolute atomic E-state index is 2.27. The molecular formula is C10H15. The molecule has 0 heteroatoms. The highest BCUT2D eigenvalue weighted by molar-refractivity contribution is 5.39. The van der Waals surface area contributed by atoms with Gasteiger partial charge in [-0.2, -0.15) is 0 Å². The van der Waals surface area contributed by atoms with Gasteiger partial charge in [0.15, 0.2) is 0 Å². The Balaban J connectivity index is 2.26. The van der Waals surface area contributed by atoms with Gasteiger partial charge >= 0.3 is 0 Å². The average molecular weight is 135 g/mol. The van der Waals surface area contributed by atoms with E-state index in [9.17, 15) is 0 Å². The molecule has 1 aliphatic carbocycles. The second-order valence-electron chi connectivity index (χ2n) is 2.90. The predicted octanol–water partition coefficient (Wildman–Crippen LogP) is 3.27. The van der Waals surface area contributed by atoms with Crippen molar-refractivity contribution in [2.75, 3.05) is 0 Å². The van der Waals surface area contributed by atoms with Crippen molar-refractivity contribution >= 4 is 0 Å². The normalized spacial score (nSPS) is 18.0. The van der Waals surface area contributed by atoms with Gasteiger partial charge in [-0.1, -0.05) is 43.6 Å². The lowest BCUT2D eigenvalue weighted by molar-refractivity contribution is 0.769. The summed E-state index contributed by atoms with van der Waals surface area (Å²) < 4.78 is 0. The van der Waals surface area contributed by atoms with Crippen molar-refractivity contribution in [3.05, 3.63) is 29.7 Å². The molecular weight excluding hydrogens is 120 g/mol. The average Bonchev–Trinajstić information content (AvgIpc) is 2.31. The van der Waals surface area contributed by atoms with Crippen LogP contribution in [0.5, 0.6) is 0 Å². The van der Waals surface area contributed by atoms with Crippen LogP contribution in [0.1, 0.15) is 33.1 Å². The van der Waals surface area contributed by atoms with Crippen LogP contribution in [0, 0.1) is 5.92 Å². The number of rotatable bonds is 3. The van der Waals surface area contributed by atoms with Gasteiger partial charge in [-0.05, 0) is 13.3 Å². The first-order chi connectivity index (χ1) is 4.83. The van der Waals surface area contributed by atoms with Crippen LogP contribution >= 0.6 is 0 Å². The number of allylic oxidation sites excluding steroid dienone is 4. The van der Waals surface area contributed by atoms with Crippen LogP contribution in [0.4, 0.5) is 0 Å². The molecule has 0 saturated carbocycles.